The van der Waals surface area contributed by atoms with Gasteiger partial charge in [0.2, 0.25) is 0 Å². The second kappa shape index (κ2) is 10.3. The van der Waals surface area contributed by atoms with E-state index in [0.717, 1.165) is 62.8 Å². The van der Waals surface area contributed by atoms with Crippen molar-refractivity contribution in [1.29, 1.82) is 0 Å². The molecule has 34 heavy (non-hydrogen) atoms. The van der Waals surface area contributed by atoms with Gasteiger partial charge in [-0.15, -0.1) is 0 Å². The van der Waals surface area contributed by atoms with Crippen molar-refractivity contribution in [3.63, 3.8) is 0 Å². The fraction of sp³-hybridized carbons (Fsp3) is 0.370. The first-order valence-corrected chi connectivity index (χ1v) is 12.5. The second-order valence-electron chi connectivity index (χ2n) is 9.28. The van der Waals surface area contributed by atoms with Crippen molar-refractivity contribution < 1.29 is 0 Å². The van der Waals surface area contributed by atoms with Crippen molar-refractivity contribution in [2.24, 2.45) is 12.8 Å². The zero-order chi connectivity index (χ0) is 23.5. The molecule has 0 atom stereocenters. The van der Waals surface area contributed by atoms with E-state index in [-0.39, 0.29) is 0 Å². The summed E-state index contributed by atoms with van der Waals surface area (Å²) in [5, 5.41) is 6.55. The van der Waals surface area contributed by atoms with E-state index in [1.54, 1.807) is 0 Å². The average Bonchev–Trinajstić information content (AvgIpc) is 3.43. The van der Waals surface area contributed by atoms with Crippen LogP contribution in [0.2, 0.25) is 5.02 Å². The van der Waals surface area contributed by atoms with Crippen LogP contribution in [0.5, 0.6) is 0 Å². The number of fused-ring (bicyclic) bond motifs is 1. The fourth-order valence-electron chi connectivity index (χ4n) is 4.91. The lowest BCUT2D eigenvalue weighted by atomic mass is 10.1. The predicted octanol–water partition coefficient (Wildman–Crippen LogP) is 4.36. The lowest BCUT2D eigenvalue weighted by Gasteiger charge is -2.35. The number of nitrogens with zero attached hydrogens (tertiary/aromatic N) is 5. The zero-order valence-corrected chi connectivity index (χ0v) is 20.6. The third-order valence-corrected chi connectivity index (χ3v) is 7.16. The van der Waals surface area contributed by atoms with E-state index in [1.165, 1.54) is 27.6 Å². The summed E-state index contributed by atoms with van der Waals surface area (Å²) in [5.74, 6) is 0. The first kappa shape index (κ1) is 23.1. The molecule has 0 spiro atoms. The van der Waals surface area contributed by atoms with E-state index in [9.17, 15) is 0 Å². The van der Waals surface area contributed by atoms with Crippen LogP contribution in [0, 0.1) is 0 Å². The van der Waals surface area contributed by atoms with Crippen LogP contribution >= 0.6 is 11.6 Å². The van der Waals surface area contributed by atoms with Gasteiger partial charge in [-0.25, -0.2) is 0 Å². The van der Waals surface area contributed by atoms with E-state index < -0.39 is 0 Å². The topological polar surface area (TPSA) is 55.2 Å². The minimum atomic E-state index is 0.697. The van der Waals surface area contributed by atoms with Gasteiger partial charge in [0.1, 0.15) is 0 Å². The summed E-state index contributed by atoms with van der Waals surface area (Å²) in [4.78, 5) is 5.05. The molecule has 1 aliphatic heterocycles. The van der Waals surface area contributed by atoms with Crippen LogP contribution in [0.3, 0.4) is 0 Å². The zero-order valence-electron chi connectivity index (χ0n) is 19.8. The Morgan fingerprint density at radius 1 is 0.971 bits per heavy atom. The highest BCUT2D eigenvalue weighted by atomic mass is 35.5. The van der Waals surface area contributed by atoms with Crippen molar-refractivity contribution in [3.8, 4) is 11.1 Å². The van der Waals surface area contributed by atoms with E-state index in [4.69, 9.17) is 17.3 Å². The molecular formula is C27H33ClN6. The molecule has 7 heteroatoms. The number of hydrogen-bond donors (Lipinski definition) is 1. The van der Waals surface area contributed by atoms with Gasteiger partial charge in [-0.2, -0.15) is 5.10 Å². The summed E-state index contributed by atoms with van der Waals surface area (Å²) in [7, 11) is 1.97. The molecule has 0 saturated carbocycles. The van der Waals surface area contributed by atoms with Gasteiger partial charge in [-0.05, 0) is 42.3 Å². The first-order valence-electron chi connectivity index (χ1n) is 12.1. The molecule has 1 saturated heterocycles. The molecule has 2 N–H and O–H groups in total. The number of rotatable bonds is 8. The molecule has 0 radical (unpaired) electrons. The van der Waals surface area contributed by atoms with Crippen molar-refractivity contribution in [2.45, 2.75) is 26.1 Å². The third-order valence-electron chi connectivity index (χ3n) is 6.79. The van der Waals surface area contributed by atoms with Crippen molar-refractivity contribution >= 4 is 22.5 Å². The Hall–Kier alpha value is -2.64. The monoisotopic (exact) mass is 476 g/mol. The number of nitrogens with two attached hydrogens (primary N) is 1. The van der Waals surface area contributed by atoms with Crippen LogP contribution in [-0.4, -0.2) is 56.9 Å². The molecule has 3 heterocycles. The van der Waals surface area contributed by atoms with Crippen LogP contribution < -0.4 is 5.73 Å². The van der Waals surface area contributed by atoms with Crippen molar-refractivity contribution in [2.75, 3.05) is 32.7 Å². The summed E-state index contributed by atoms with van der Waals surface area (Å²) in [6.45, 7) is 7.77. The first-order chi connectivity index (χ1) is 16.6. The molecule has 1 fully saturated rings. The number of aromatic nitrogens is 3. The highest BCUT2D eigenvalue weighted by molar-refractivity contribution is 6.31. The van der Waals surface area contributed by atoms with Gasteiger partial charge in [0.05, 0.1) is 6.20 Å². The molecule has 2 aromatic carbocycles. The normalized spacial score (nSPS) is 15.4. The maximum absolute atomic E-state index is 6.36. The van der Waals surface area contributed by atoms with Crippen LogP contribution in [0.25, 0.3) is 22.0 Å². The largest absolute Gasteiger partial charge is 0.347 e. The lowest BCUT2D eigenvalue weighted by molar-refractivity contribution is 0.122. The molecule has 0 amide bonds. The van der Waals surface area contributed by atoms with Gasteiger partial charge in [0.25, 0.3) is 0 Å². The second-order valence-corrected chi connectivity index (χ2v) is 9.68. The molecule has 178 valence electrons. The number of hydrogen-bond acceptors (Lipinski definition) is 4. The number of halogens is 1. The van der Waals surface area contributed by atoms with Crippen molar-refractivity contribution in [3.05, 3.63) is 77.2 Å². The molecule has 0 aliphatic carbocycles. The molecule has 4 aromatic rings. The standard InChI is InChI=1S/C27H33ClN6/c1-31-18-23(16-30-31)25-20-34(10-4-9-29)27-8-7-21(15-24(25)27)17-32-11-13-33(14-12-32)19-22-5-2-3-6-26(22)28/h2-3,5-8,15-16,18,20H,4,9-14,17,19,29H2,1H3. The van der Waals surface area contributed by atoms with Crippen LogP contribution in [0.1, 0.15) is 17.5 Å². The minimum Gasteiger partial charge on any atom is -0.347 e. The maximum atomic E-state index is 6.36. The minimum absolute atomic E-state index is 0.697. The summed E-state index contributed by atoms with van der Waals surface area (Å²) < 4.78 is 4.20. The van der Waals surface area contributed by atoms with E-state index >= 15 is 0 Å². The molecule has 1 aliphatic rings. The number of benzene rings is 2. The predicted molar refractivity (Wildman–Crippen MR) is 140 cm³/mol. The van der Waals surface area contributed by atoms with E-state index in [1.807, 2.05) is 30.1 Å². The van der Waals surface area contributed by atoms with Crippen molar-refractivity contribution in [1.82, 2.24) is 24.1 Å². The number of piperazine rings is 1. The maximum Gasteiger partial charge on any atom is 0.0568 e. The Bertz CT molecular complexity index is 1250. The SMILES string of the molecule is Cn1cc(-c2cn(CCCN)c3ccc(CN4CCN(Cc5ccccc5Cl)CC4)cc23)cn1. The van der Waals surface area contributed by atoms with Gasteiger partial charge in [0, 0.05) is 92.3 Å². The highest BCUT2D eigenvalue weighted by Gasteiger charge is 2.19. The van der Waals surface area contributed by atoms with Gasteiger partial charge in [-0.1, -0.05) is 35.9 Å². The average molecular weight is 477 g/mol. The quantitative estimate of drug-likeness (QED) is 0.410. The van der Waals surface area contributed by atoms with Crippen LogP contribution in [-0.2, 0) is 26.7 Å². The van der Waals surface area contributed by atoms with E-state index in [2.05, 4.69) is 62.2 Å². The summed E-state index contributed by atoms with van der Waals surface area (Å²) in [5.41, 5.74) is 12.0. The van der Waals surface area contributed by atoms with Gasteiger partial charge < -0.3 is 10.3 Å². The molecule has 0 unspecified atom stereocenters. The lowest BCUT2D eigenvalue weighted by Crippen LogP contribution is -2.45. The Morgan fingerprint density at radius 3 is 2.44 bits per heavy atom. The van der Waals surface area contributed by atoms with Crippen LogP contribution in [0.15, 0.2) is 61.1 Å². The Kier molecular flexibility index (Phi) is 7.02. The van der Waals surface area contributed by atoms with Crippen LogP contribution in [0.4, 0.5) is 0 Å². The summed E-state index contributed by atoms with van der Waals surface area (Å²) in [6.07, 6.45) is 7.27. The Balaban J connectivity index is 1.30. The van der Waals surface area contributed by atoms with Gasteiger partial charge in [0.15, 0.2) is 0 Å². The molecular weight excluding hydrogens is 444 g/mol. The Labute approximate surface area is 206 Å². The van der Waals surface area contributed by atoms with Gasteiger partial charge in [-0.3, -0.25) is 14.5 Å². The molecule has 5 rings (SSSR count). The smallest absolute Gasteiger partial charge is 0.0568 e. The van der Waals surface area contributed by atoms with Gasteiger partial charge >= 0.3 is 0 Å². The third kappa shape index (κ3) is 5.05. The van der Waals surface area contributed by atoms with E-state index in [0.29, 0.717) is 6.54 Å². The molecule has 6 nitrogen and oxygen atoms in total. The highest BCUT2D eigenvalue weighted by Crippen LogP contribution is 2.32. The Morgan fingerprint density at radius 2 is 1.74 bits per heavy atom. The molecule has 2 aromatic heterocycles. The molecule has 0 bridgehead atoms. The fourth-order valence-corrected chi connectivity index (χ4v) is 5.11. The number of aryl methyl sites for hydroxylation is 2. The summed E-state index contributed by atoms with van der Waals surface area (Å²) in [6, 6.07) is 15.1. The summed E-state index contributed by atoms with van der Waals surface area (Å²) >= 11 is 6.36.